The molecule has 15 heavy (non-hydrogen) atoms. The van der Waals surface area contributed by atoms with Crippen LogP contribution in [0.2, 0.25) is 0 Å². The first-order chi connectivity index (χ1) is 6.97. The molecule has 0 bridgehead atoms. The second-order valence-corrected chi connectivity index (χ2v) is 4.14. The lowest BCUT2D eigenvalue weighted by Crippen LogP contribution is -2.00. The quantitative estimate of drug-likeness (QED) is 0.470. The van der Waals surface area contributed by atoms with Crippen LogP contribution in [-0.2, 0) is 4.79 Å². The van der Waals surface area contributed by atoms with Crippen molar-refractivity contribution in [2.45, 2.75) is 47.0 Å². The van der Waals surface area contributed by atoms with Crippen LogP contribution < -0.4 is 0 Å². The van der Waals surface area contributed by atoms with Gasteiger partial charge in [0.05, 0.1) is 0 Å². The van der Waals surface area contributed by atoms with Crippen LogP contribution in [0.5, 0.6) is 0 Å². The van der Waals surface area contributed by atoms with Crippen LogP contribution in [0.25, 0.3) is 0 Å². The number of carbonyl (C=O) groups excluding carboxylic acids is 1. The average molecular weight is 206 g/mol. The van der Waals surface area contributed by atoms with Gasteiger partial charge in [-0.2, -0.15) is 0 Å². The summed E-state index contributed by atoms with van der Waals surface area (Å²) in [7, 11) is 0. The van der Waals surface area contributed by atoms with Gasteiger partial charge in [0.2, 0.25) is 0 Å². The molecule has 0 saturated heterocycles. The highest BCUT2D eigenvalue weighted by Crippen LogP contribution is 2.12. The SMILES string of the molecule is C=C(CCC=C(C)C)CC(=O)/C(C)=C/C. The molecule has 0 heterocycles. The van der Waals surface area contributed by atoms with Crippen molar-refractivity contribution in [1.82, 2.24) is 0 Å². The van der Waals surface area contributed by atoms with E-state index >= 15 is 0 Å². The molecular formula is C14H22O. The van der Waals surface area contributed by atoms with Crippen molar-refractivity contribution in [1.29, 1.82) is 0 Å². The molecule has 84 valence electrons. The van der Waals surface area contributed by atoms with E-state index < -0.39 is 0 Å². The zero-order valence-corrected chi connectivity index (χ0v) is 10.4. The van der Waals surface area contributed by atoms with Crippen LogP contribution in [0.4, 0.5) is 0 Å². The van der Waals surface area contributed by atoms with E-state index in [1.54, 1.807) is 0 Å². The highest BCUT2D eigenvalue weighted by Gasteiger charge is 2.05. The minimum atomic E-state index is 0.194. The molecule has 0 unspecified atom stereocenters. The summed E-state index contributed by atoms with van der Waals surface area (Å²) in [6.07, 6.45) is 6.42. The lowest BCUT2D eigenvalue weighted by Gasteiger charge is -2.03. The zero-order valence-electron chi connectivity index (χ0n) is 10.4. The molecule has 0 N–H and O–H groups in total. The Bertz CT molecular complexity index is 288. The normalized spacial score (nSPS) is 11.1. The second kappa shape index (κ2) is 7.22. The van der Waals surface area contributed by atoms with Gasteiger partial charge in [0.1, 0.15) is 0 Å². The molecule has 0 aromatic heterocycles. The Hall–Kier alpha value is -1.11. The van der Waals surface area contributed by atoms with Gasteiger partial charge in [0.25, 0.3) is 0 Å². The second-order valence-electron chi connectivity index (χ2n) is 4.14. The van der Waals surface area contributed by atoms with E-state index in [4.69, 9.17) is 0 Å². The minimum absolute atomic E-state index is 0.194. The molecule has 0 aromatic carbocycles. The molecule has 0 aliphatic carbocycles. The van der Waals surface area contributed by atoms with Crippen LogP contribution in [-0.4, -0.2) is 5.78 Å². The molecule has 0 radical (unpaired) electrons. The van der Waals surface area contributed by atoms with E-state index in [2.05, 4.69) is 26.5 Å². The van der Waals surface area contributed by atoms with Crippen molar-refractivity contribution in [2.24, 2.45) is 0 Å². The topological polar surface area (TPSA) is 17.1 Å². The first-order valence-electron chi connectivity index (χ1n) is 5.43. The van der Waals surface area contributed by atoms with Crippen LogP contribution >= 0.6 is 0 Å². The Kier molecular flexibility index (Phi) is 6.68. The van der Waals surface area contributed by atoms with E-state index in [1.807, 2.05) is 19.9 Å². The summed E-state index contributed by atoms with van der Waals surface area (Å²) in [6.45, 7) is 11.8. The first-order valence-corrected chi connectivity index (χ1v) is 5.43. The number of rotatable bonds is 6. The maximum atomic E-state index is 11.5. The van der Waals surface area contributed by atoms with Crippen molar-refractivity contribution in [3.8, 4) is 0 Å². The third-order valence-corrected chi connectivity index (χ3v) is 2.33. The lowest BCUT2D eigenvalue weighted by molar-refractivity contribution is -0.114. The van der Waals surface area contributed by atoms with Crippen LogP contribution in [0.1, 0.15) is 47.0 Å². The molecule has 0 fully saturated rings. The first kappa shape index (κ1) is 13.9. The monoisotopic (exact) mass is 206 g/mol. The molecule has 0 amide bonds. The summed E-state index contributed by atoms with van der Waals surface area (Å²) in [5, 5.41) is 0. The van der Waals surface area contributed by atoms with Crippen molar-refractivity contribution in [3.63, 3.8) is 0 Å². The molecule has 0 aromatic rings. The number of allylic oxidation sites excluding steroid dienone is 5. The summed E-state index contributed by atoms with van der Waals surface area (Å²) < 4.78 is 0. The van der Waals surface area contributed by atoms with E-state index in [9.17, 15) is 4.79 Å². The molecule has 1 nitrogen and oxygen atoms in total. The van der Waals surface area contributed by atoms with Gasteiger partial charge >= 0.3 is 0 Å². The Balaban J connectivity index is 3.95. The smallest absolute Gasteiger partial charge is 0.162 e. The number of carbonyl (C=O) groups is 1. The average Bonchev–Trinajstić information content (AvgIpc) is 2.15. The summed E-state index contributed by atoms with van der Waals surface area (Å²) in [4.78, 5) is 11.5. The van der Waals surface area contributed by atoms with Gasteiger partial charge in [-0.05, 0) is 46.1 Å². The predicted molar refractivity (Wildman–Crippen MR) is 66.9 cm³/mol. The maximum absolute atomic E-state index is 11.5. The number of ketones is 1. The van der Waals surface area contributed by atoms with Crippen molar-refractivity contribution < 1.29 is 4.79 Å². The Morgan fingerprint density at radius 2 is 1.87 bits per heavy atom. The van der Waals surface area contributed by atoms with Gasteiger partial charge in [-0.15, -0.1) is 0 Å². The number of Topliss-reactive ketones (excluding diaryl/α,β-unsaturated/α-hetero) is 1. The van der Waals surface area contributed by atoms with E-state index in [1.165, 1.54) is 5.57 Å². The number of hydrogen-bond acceptors (Lipinski definition) is 1. The van der Waals surface area contributed by atoms with Gasteiger partial charge < -0.3 is 0 Å². The van der Waals surface area contributed by atoms with E-state index in [0.29, 0.717) is 6.42 Å². The summed E-state index contributed by atoms with van der Waals surface area (Å²) in [5.74, 6) is 0.194. The molecule has 0 aliphatic heterocycles. The fraction of sp³-hybridized carbons (Fsp3) is 0.500. The van der Waals surface area contributed by atoms with Crippen LogP contribution in [0.15, 0.2) is 35.5 Å². The zero-order chi connectivity index (χ0) is 11.8. The summed E-state index contributed by atoms with van der Waals surface area (Å²) in [6, 6.07) is 0. The van der Waals surface area contributed by atoms with E-state index in [-0.39, 0.29) is 5.78 Å². The molecule has 1 heteroatoms. The van der Waals surface area contributed by atoms with Gasteiger partial charge in [-0.1, -0.05) is 29.9 Å². The van der Waals surface area contributed by atoms with Crippen molar-refractivity contribution in [3.05, 3.63) is 35.5 Å². The molecule has 0 atom stereocenters. The van der Waals surface area contributed by atoms with E-state index in [0.717, 1.165) is 24.0 Å². The fourth-order valence-corrected chi connectivity index (χ4v) is 1.18. The largest absolute Gasteiger partial charge is 0.294 e. The van der Waals surface area contributed by atoms with Gasteiger partial charge in [-0.3, -0.25) is 4.79 Å². The minimum Gasteiger partial charge on any atom is -0.294 e. The Morgan fingerprint density at radius 1 is 1.27 bits per heavy atom. The third kappa shape index (κ3) is 6.89. The molecule has 0 aliphatic rings. The standard InChI is InChI=1S/C14H22O/c1-6-13(5)14(15)10-12(4)9-7-8-11(2)3/h6,8H,4,7,9-10H2,1-3,5H3/b13-6+. The summed E-state index contributed by atoms with van der Waals surface area (Å²) >= 11 is 0. The number of hydrogen-bond donors (Lipinski definition) is 0. The summed E-state index contributed by atoms with van der Waals surface area (Å²) in [5.41, 5.74) is 3.18. The molecule has 0 saturated carbocycles. The van der Waals surface area contributed by atoms with Gasteiger partial charge in [-0.25, -0.2) is 0 Å². The molecule has 0 rings (SSSR count). The van der Waals surface area contributed by atoms with Crippen molar-refractivity contribution in [2.75, 3.05) is 0 Å². The molecular weight excluding hydrogens is 184 g/mol. The van der Waals surface area contributed by atoms with Gasteiger partial charge in [0, 0.05) is 6.42 Å². The van der Waals surface area contributed by atoms with Crippen molar-refractivity contribution >= 4 is 5.78 Å². The molecule has 0 spiro atoms. The fourth-order valence-electron chi connectivity index (χ4n) is 1.18. The maximum Gasteiger partial charge on any atom is 0.162 e. The Morgan fingerprint density at radius 3 is 2.33 bits per heavy atom. The van der Waals surface area contributed by atoms with Crippen LogP contribution in [0, 0.1) is 0 Å². The Labute approximate surface area is 93.6 Å². The highest BCUT2D eigenvalue weighted by molar-refractivity contribution is 5.96. The lowest BCUT2D eigenvalue weighted by atomic mass is 10.0. The van der Waals surface area contributed by atoms with Gasteiger partial charge in [0.15, 0.2) is 5.78 Å². The third-order valence-electron chi connectivity index (χ3n) is 2.33. The van der Waals surface area contributed by atoms with Crippen LogP contribution in [0.3, 0.4) is 0 Å². The predicted octanol–water partition coefficient (Wildman–Crippen LogP) is 4.21. The highest BCUT2D eigenvalue weighted by atomic mass is 16.1.